The number of carbonyl (C=O) groups excluding carboxylic acids is 1. The molecule has 0 saturated heterocycles. The number of hydrogen-bond donors (Lipinski definition) is 1. The van der Waals surface area contributed by atoms with E-state index in [2.05, 4.69) is 11.9 Å². The quantitative estimate of drug-likeness (QED) is 0.837. The molecule has 0 aromatic heterocycles. The Bertz CT molecular complexity index is 477. The molecule has 0 aliphatic rings. The largest absolute Gasteiger partial charge is 0.493 e. The van der Waals surface area contributed by atoms with Crippen LogP contribution in [0.3, 0.4) is 0 Å². The lowest BCUT2D eigenvalue weighted by atomic mass is 10.2. The fourth-order valence-corrected chi connectivity index (χ4v) is 1.44. The molecule has 0 spiro atoms. The van der Waals surface area contributed by atoms with Crippen molar-refractivity contribution in [3.05, 3.63) is 30.9 Å². The predicted molar refractivity (Wildman–Crippen MR) is 78.5 cm³/mol. The summed E-state index contributed by atoms with van der Waals surface area (Å²) in [6.45, 7) is 9.35. The average Bonchev–Trinajstić information content (AvgIpc) is 2.34. The van der Waals surface area contributed by atoms with E-state index in [-0.39, 0.29) is 0 Å². The zero-order valence-electron chi connectivity index (χ0n) is 12.4. The Morgan fingerprint density at radius 2 is 2.05 bits per heavy atom. The van der Waals surface area contributed by atoms with E-state index in [1.54, 1.807) is 52.2 Å². The Morgan fingerprint density at radius 3 is 2.60 bits per heavy atom. The number of amides is 1. The predicted octanol–water partition coefficient (Wildman–Crippen LogP) is 3.61. The Balaban J connectivity index is 2.80. The molecule has 0 unspecified atom stereocenters. The molecule has 0 bridgehead atoms. The van der Waals surface area contributed by atoms with Crippen molar-refractivity contribution in [2.75, 3.05) is 19.0 Å². The Kier molecular flexibility index (Phi) is 5.43. The van der Waals surface area contributed by atoms with Crippen molar-refractivity contribution >= 4 is 11.8 Å². The molecule has 1 aromatic carbocycles. The molecule has 0 fully saturated rings. The number of nitrogens with one attached hydrogen (secondary N) is 1. The third-order valence-electron chi connectivity index (χ3n) is 2.17. The van der Waals surface area contributed by atoms with Gasteiger partial charge >= 0.3 is 6.09 Å². The number of carbonyl (C=O) groups is 1. The van der Waals surface area contributed by atoms with Gasteiger partial charge < -0.3 is 14.2 Å². The molecule has 5 nitrogen and oxygen atoms in total. The minimum atomic E-state index is -0.543. The summed E-state index contributed by atoms with van der Waals surface area (Å²) in [4.78, 5) is 11.7. The highest BCUT2D eigenvalue weighted by molar-refractivity contribution is 5.85. The number of rotatable bonds is 5. The van der Waals surface area contributed by atoms with Crippen LogP contribution in [0.25, 0.3) is 0 Å². The molecule has 0 atom stereocenters. The molecule has 1 aromatic rings. The molecule has 0 aliphatic heterocycles. The van der Waals surface area contributed by atoms with Crippen molar-refractivity contribution < 1.29 is 19.0 Å². The second kappa shape index (κ2) is 6.84. The van der Waals surface area contributed by atoms with Crippen molar-refractivity contribution in [3.8, 4) is 11.5 Å². The standard InChI is InChI=1S/C15H21NO4/c1-6-9-19-13-10-11(7-8-12(13)18-5)16-14(17)20-15(2,3)4/h6-8,10H,1,9H2,2-5H3,(H,16,17). The lowest BCUT2D eigenvalue weighted by Crippen LogP contribution is -2.27. The molecular weight excluding hydrogens is 258 g/mol. The molecule has 1 N–H and O–H groups in total. The van der Waals surface area contributed by atoms with E-state index in [4.69, 9.17) is 14.2 Å². The summed E-state index contributed by atoms with van der Waals surface area (Å²) in [6, 6.07) is 5.10. The summed E-state index contributed by atoms with van der Waals surface area (Å²) in [7, 11) is 1.55. The Labute approximate surface area is 119 Å². The maximum atomic E-state index is 11.7. The summed E-state index contributed by atoms with van der Waals surface area (Å²) in [5.74, 6) is 1.11. The van der Waals surface area contributed by atoms with Gasteiger partial charge in [0.2, 0.25) is 0 Å². The highest BCUT2D eigenvalue weighted by Gasteiger charge is 2.16. The molecule has 110 valence electrons. The van der Waals surface area contributed by atoms with E-state index < -0.39 is 11.7 Å². The second-order valence-electron chi connectivity index (χ2n) is 5.09. The van der Waals surface area contributed by atoms with Gasteiger partial charge in [-0.2, -0.15) is 0 Å². The Hall–Kier alpha value is -2.17. The summed E-state index contributed by atoms with van der Waals surface area (Å²) in [5.41, 5.74) is 0.0257. The van der Waals surface area contributed by atoms with E-state index in [0.29, 0.717) is 23.8 Å². The van der Waals surface area contributed by atoms with Crippen LogP contribution in [0.1, 0.15) is 20.8 Å². The minimum absolute atomic E-state index is 0.353. The second-order valence-corrected chi connectivity index (χ2v) is 5.09. The monoisotopic (exact) mass is 279 g/mol. The van der Waals surface area contributed by atoms with Gasteiger partial charge in [-0.05, 0) is 32.9 Å². The van der Waals surface area contributed by atoms with E-state index >= 15 is 0 Å². The molecule has 0 heterocycles. The van der Waals surface area contributed by atoms with Crippen LogP contribution < -0.4 is 14.8 Å². The number of hydrogen-bond acceptors (Lipinski definition) is 4. The van der Waals surface area contributed by atoms with Gasteiger partial charge in [0, 0.05) is 11.8 Å². The van der Waals surface area contributed by atoms with Gasteiger partial charge in [0.25, 0.3) is 0 Å². The third kappa shape index (κ3) is 5.22. The first-order valence-electron chi connectivity index (χ1n) is 6.27. The van der Waals surface area contributed by atoms with Crippen LogP contribution in [-0.4, -0.2) is 25.4 Å². The van der Waals surface area contributed by atoms with Crippen LogP contribution in [0.5, 0.6) is 11.5 Å². The lowest BCUT2D eigenvalue weighted by molar-refractivity contribution is 0.0636. The number of benzene rings is 1. The molecule has 1 rings (SSSR count). The van der Waals surface area contributed by atoms with Crippen LogP contribution in [0.2, 0.25) is 0 Å². The minimum Gasteiger partial charge on any atom is -0.493 e. The molecule has 0 radical (unpaired) electrons. The first-order valence-corrected chi connectivity index (χ1v) is 6.27. The maximum Gasteiger partial charge on any atom is 0.412 e. The van der Waals surface area contributed by atoms with Gasteiger partial charge in [-0.25, -0.2) is 4.79 Å². The third-order valence-corrected chi connectivity index (χ3v) is 2.17. The van der Waals surface area contributed by atoms with E-state index in [1.807, 2.05) is 0 Å². The smallest absolute Gasteiger partial charge is 0.412 e. The first kappa shape index (κ1) is 15.9. The van der Waals surface area contributed by atoms with Crippen molar-refractivity contribution in [1.82, 2.24) is 0 Å². The average molecular weight is 279 g/mol. The SMILES string of the molecule is C=CCOc1cc(NC(=O)OC(C)(C)C)ccc1OC. The van der Waals surface area contributed by atoms with Gasteiger partial charge in [0.1, 0.15) is 12.2 Å². The van der Waals surface area contributed by atoms with Crippen LogP contribution in [0, 0.1) is 0 Å². The zero-order chi connectivity index (χ0) is 15.2. The van der Waals surface area contributed by atoms with E-state index in [0.717, 1.165) is 0 Å². The van der Waals surface area contributed by atoms with Gasteiger partial charge in [-0.15, -0.1) is 0 Å². The number of anilines is 1. The van der Waals surface area contributed by atoms with Gasteiger partial charge in [-0.1, -0.05) is 12.7 Å². The number of ether oxygens (including phenoxy) is 3. The molecule has 5 heteroatoms. The molecule has 0 aliphatic carbocycles. The van der Waals surface area contributed by atoms with E-state index in [1.165, 1.54) is 0 Å². The fourth-order valence-electron chi connectivity index (χ4n) is 1.44. The lowest BCUT2D eigenvalue weighted by Gasteiger charge is -2.20. The highest BCUT2D eigenvalue weighted by Crippen LogP contribution is 2.30. The fraction of sp³-hybridized carbons (Fsp3) is 0.400. The zero-order valence-corrected chi connectivity index (χ0v) is 12.4. The van der Waals surface area contributed by atoms with Crippen molar-refractivity contribution in [3.63, 3.8) is 0 Å². The highest BCUT2D eigenvalue weighted by atomic mass is 16.6. The first-order chi connectivity index (χ1) is 9.35. The van der Waals surface area contributed by atoms with Crippen LogP contribution >= 0.6 is 0 Å². The number of methoxy groups -OCH3 is 1. The van der Waals surface area contributed by atoms with Crippen LogP contribution in [0.4, 0.5) is 10.5 Å². The molecule has 1 amide bonds. The van der Waals surface area contributed by atoms with Crippen molar-refractivity contribution in [2.24, 2.45) is 0 Å². The van der Waals surface area contributed by atoms with Gasteiger partial charge in [0.15, 0.2) is 11.5 Å². The molecule has 0 saturated carbocycles. The van der Waals surface area contributed by atoms with Gasteiger partial charge in [0.05, 0.1) is 7.11 Å². The van der Waals surface area contributed by atoms with Crippen molar-refractivity contribution in [2.45, 2.75) is 26.4 Å². The topological polar surface area (TPSA) is 56.8 Å². The molecular formula is C15H21NO4. The normalized spacial score (nSPS) is 10.6. The van der Waals surface area contributed by atoms with Crippen LogP contribution in [0.15, 0.2) is 30.9 Å². The molecule has 20 heavy (non-hydrogen) atoms. The summed E-state index contributed by atoms with van der Waals surface area (Å²) < 4.78 is 15.8. The van der Waals surface area contributed by atoms with E-state index in [9.17, 15) is 4.79 Å². The Morgan fingerprint density at radius 1 is 1.35 bits per heavy atom. The summed E-state index contributed by atoms with van der Waals surface area (Å²) >= 11 is 0. The van der Waals surface area contributed by atoms with Gasteiger partial charge in [-0.3, -0.25) is 5.32 Å². The maximum absolute atomic E-state index is 11.7. The van der Waals surface area contributed by atoms with Crippen LogP contribution in [-0.2, 0) is 4.74 Å². The summed E-state index contributed by atoms with van der Waals surface area (Å²) in [5, 5.41) is 2.64. The summed E-state index contributed by atoms with van der Waals surface area (Å²) in [6.07, 6.45) is 1.12. The van der Waals surface area contributed by atoms with Crippen molar-refractivity contribution in [1.29, 1.82) is 0 Å².